The van der Waals surface area contributed by atoms with E-state index in [-0.39, 0.29) is 6.79 Å². The Morgan fingerprint density at radius 1 is 0.818 bits per heavy atom. The van der Waals surface area contributed by atoms with Crippen LogP contribution in [0.3, 0.4) is 0 Å². The average molecular weight is 449 g/mol. The van der Waals surface area contributed by atoms with Crippen LogP contribution in [-0.2, 0) is 6.42 Å². The molecule has 0 spiro atoms. The van der Waals surface area contributed by atoms with E-state index in [0.29, 0.717) is 11.6 Å². The predicted octanol–water partition coefficient (Wildman–Crippen LogP) is 6.91. The van der Waals surface area contributed by atoms with Crippen molar-refractivity contribution in [2.75, 3.05) is 6.79 Å². The normalized spacial score (nSPS) is 13.4. The lowest BCUT2D eigenvalue weighted by Crippen LogP contribution is -2.01. The van der Waals surface area contributed by atoms with E-state index in [1.807, 2.05) is 42.5 Å². The smallest absolute Gasteiger partial charge is 0.257 e. The Hall–Kier alpha value is -2.86. The monoisotopic (exact) mass is 448 g/mol. The van der Waals surface area contributed by atoms with Crippen molar-refractivity contribution in [3.63, 3.8) is 0 Å². The number of benzene rings is 2. The molecule has 0 fully saturated rings. The van der Waals surface area contributed by atoms with Gasteiger partial charge in [0.25, 0.3) is 5.89 Å². The summed E-state index contributed by atoms with van der Waals surface area (Å²) < 4.78 is 16.3. The number of fused-ring (bicyclic) bond motifs is 1. The SMILES string of the molecule is CCCCCCCCCCCc1noc(-c2ccc(C([NH])c3ccc4c(c3)OCO4)cc2)n1. The molecule has 4 rings (SSSR count). The molecule has 3 aromatic rings. The first-order valence-corrected chi connectivity index (χ1v) is 12.3. The van der Waals surface area contributed by atoms with Crippen LogP contribution in [0.2, 0.25) is 0 Å². The highest BCUT2D eigenvalue weighted by atomic mass is 16.7. The highest BCUT2D eigenvalue weighted by Crippen LogP contribution is 2.35. The standard InChI is InChI=1S/C27H34N3O3/c1-2-3-4-5-6-7-8-9-10-11-25-29-27(33-30-25)21-14-12-20(13-15-21)26(28)22-16-17-23-24(18-22)32-19-31-23/h12-18,26,28H,2-11,19H2,1H3. The summed E-state index contributed by atoms with van der Waals surface area (Å²) in [6.45, 7) is 2.50. The number of nitrogens with zero attached hydrogens (tertiary/aromatic N) is 2. The summed E-state index contributed by atoms with van der Waals surface area (Å²) in [4.78, 5) is 4.57. The van der Waals surface area contributed by atoms with Crippen molar-refractivity contribution in [3.8, 4) is 23.0 Å². The van der Waals surface area contributed by atoms with E-state index in [4.69, 9.17) is 19.7 Å². The molecule has 6 nitrogen and oxygen atoms in total. The van der Waals surface area contributed by atoms with E-state index in [0.717, 1.165) is 41.1 Å². The fourth-order valence-corrected chi connectivity index (χ4v) is 4.17. The van der Waals surface area contributed by atoms with Crippen LogP contribution >= 0.6 is 0 Å². The molecule has 1 atom stereocenters. The zero-order valence-electron chi connectivity index (χ0n) is 19.5. The summed E-state index contributed by atoms with van der Waals surface area (Å²) in [6, 6.07) is 12.9. The van der Waals surface area contributed by atoms with Gasteiger partial charge >= 0.3 is 0 Å². The van der Waals surface area contributed by atoms with Crippen LogP contribution in [0.4, 0.5) is 0 Å². The molecule has 0 amide bonds. The molecular formula is C27H34N3O3. The van der Waals surface area contributed by atoms with Crippen LogP contribution < -0.4 is 15.2 Å². The highest BCUT2D eigenvalue weighted by Gasteiger charge is 2.18. The molecule has 2 aromatic carbocycles. The minimum Gasteiger partial charge on any atom is -0.454 e. The van der Waals surface area contributed by atoms with Gasteiger partial charge in [0.15, 0.2) is 17.3 Å². The van der Waals surface area contributed by atoms with Crippen molar-refractivity contribution in [2.24, 2.45) is 0 Å². The van der Waals surface area contributed by atoms with Crippen molar-refractivity contribution in [2.45, 2.75) is 77.2 Å². The predicted molar refractivity (Wildman–Crippen MR) is 128 cm³/mol. The molecule has 1 aliphatic rings. The fraction of sp³-hybridized carbons (Fsp3) is 0.481. The maximum Gasteiger partial charge on any atom is 0.257 e. The van der Waals surface area contributed by atoms with E-state index in [2.05, 4.69) is 17.1 Å². The number of hydrogen-bond donors (Lipinski definition) is 0. The Labute approximate surface area is 196 Å². The van der Waals surface area contributed by atoms with Gasteiger partial charge in [0.05, 0.1) is 6.04 Å². The quantitative estimate of drug-likeness (QED) is 0.265. The van der Waals surface area contributed by atoms with E-state index in [1.54, 1.807) is 0 Å². The zero-order valence-corrected chi connectivity index (χ0v) is 19.5. The molecule has 1 aromatic heterocycles. The van der Waals surface area contributed by atoms with Gasteiger partial charge in [0.2, 0.25) is 6.79 Å². The molecule has 33 heavy (non-hydrogen) atoms. The number of hydrogen-bond acceptors (Lipinski definition) is 5. The van der Waals surface area contributed by atoms with Crippen molar-refractivity contribution in [1.82, 2.24) is 15.9 Å². The van der Waals surface area contributed by atoms with Crippen molar-refractivity contribution >= 4 is 0 Å². The Morgan fingerprint density at radius 2 is 1.48 bits per heavy atom. The third-order valence-corrected chi connectivity index (χ3v) is 6.19. The molecule has 6 heteroatoms. The van der Waals surface area contributed by atoms with E-state index >= 15 is 0 Å². The topological polar surface area (TPSA) is 81.2 Å². The Morgan fingerprint density at radius 3 is 2.24 bits per heavy atom. The number of unbranched alkanes of at least 4 members (excludes halogenated alkanes) is 8. The van der Waals surface area contributed by atoms with Crippen LogP contribution in [0.25, 0.3) is 11.5 Å². The van der Waals surface area contributed by atoms with Crippen LogP contribution in [0.1, 0.15) is 87.7 Å². The number of rotatable bonds is 13. The zero-order chi connectivity index (χ0) is 22.9. The lowest BCUT2D eigenvalue weighted by Gasteiger charge is -2.12. The van der Waals surface area contributed by atoms with Crippen molar-refractivity contribution in [1.29, 1.82) is 0 Å². The summed E-state index contributed by atoms with van der Waals surface area (Å²) in [5, 5.41) is 4.15. The Balaban J connectivity index is 1.24. The largest absolute Gasteiger partial charge is 0.454 e. The van der Waals surface area contributed by atoms with E-state index in [1.165, 1.54) is 51.4 Å². The molecule has 0 saturated carbocycles. The lowest BCUT2D eigenvalue weighted by molar-refractivity contribution is 0.174. The summed E-state index contributed by atoms with van der Waals surface area (Å²) >= 11 is 0. The first-order valence-electron chi connectivity index (χ1n) is 12.3. The van der Waals surface area contributed by atoms with Crippen LogP contribution in [-0.4, -0.2) is 16.9 Å². The summed E-state index contributed by atoms with van der Waals surface area (Å²) in [6.07, 6.45) is 12.6. The fourth-order valence-electron chi connectivity index (χ4n) is 4.17. The van der Waals surface area contributed by atoms with Crippen molar-refractivity contribution < 1.29 is 14.0 Å². The molecule has 0 aliphatic carbocycles. The molecule has 0 saturated heterocycles. The molecule has 175 valence electrons. The third kappa shape index (κ3) is 6.35. The first kappa shape index (κ1) is 23.3. The Kier molecular flexibility index (Phi) is 8.36. The molecule has 0 bridgehead atoms. The highest BCUT2D eigenvalue weighted by molar-refractivity contribution is 5.54. The van der Waals surface area contributed by atoms with Crippen LogP contribution in [0.15, 0.2) is 47.0 Å². The summed E-state index contributed by atoms with van der Waals surface area (Å²) in [5.41, 5.74) is 11.3. The minimum atomic E-state index is -0.501. The molecular weight excluding hydrogens is 414 g/mol. The van der Waals surface area contributed by atoms with Gasteiger partial charge in [-0.25, -0.2) is 5.73 Å². The molecule has 1 N–H and O–H groups in total. The third-order valence-electron chi connectivity index (χ3n) is 6.19. The summed E-state index contributed by atoms with van der Waals surface area (Å²) in [7, 11) is 0. The molecule has 1 aliphatic heterocycles. The van der Waals surface area contributed by atoms with Gasteiger partial charge in [-0.3, -0.25) is 0 Å². The molecule has 1 unspecified atom stereocenters. The number of nitrogens with one attached hydrogen (secondary N) is 1. The maximum atomic E-state index is 8.61. The van der Waals surface area contributed by atoms with Gasteiger partial charge in [-0.05, 0) is 41.8 Å². The summed E-state index contributed by atoms with van der Waals surface area (Å²) in [5.74, 6) is 2.75. The molecule has 2 heterocycles. The Bertz CT molecular complexity index is 1000. The molecule has 1 radical (unpaired) electrons. The number of aryl methyl sites for hydroxylation is 1. The lowest BCUT2D eigenvalue weighted by atomic mass is 9.98. The second-order valence-electron chi connectivity index (χ2n) is 8.76. The van der Waals surface area contributed by atoms with Gasteiger partial charge in [-0.2, -0.15) is 4.98 Å². The van der Waals surface area contributed by atoms with Crippen LogP contribution in [0, 0.1) is 0 Å². The van der Waals surface area contributed by atoms with E-state index in [9.17, 15) is 0 Å². The minimum absolute atomic E-state index is 0.238. The second-order valence-corrected chi connectivity index (χ2v) is 8.76. The van der Waals surface area contributed by atoms with Gasteiger partial charge in [0, 0.05) is 12.0 Å². The van der Waals surface area contributed by atoms with Crippen LogP contribution in [0.5, 0.6) is 11.5 Å². The van der Waals surface area contributed by atoms with Crippen molar-refractivity contribution in [3.05, 3.63) is 59.4 Å². The van der Waals surface area contributed by atoms with Gasteiger partial charge in [-0.15, -0.1) is 0 Å². The second kappa shape index (κ2) is 11.8. The van der Waals surface area contributed by atoms with E-state index < -0.39 is 6.04 Å². The average Bonchev–Trinajstić information content (AvgIpc) is 3.52. The number of ether oxygens (including phenoxy) is 2. The number of aromatic nitrogens is 2. The van der Waals surface area contributed by atoms with Gasteiger partial charge in [0.1, 0.15) is 0 Å². The van der Waals surface area contributed by atoms with Gasteiger partial charge in [-0.1, -0.05) is 81.6 Å². The van der Waals surface area contributed by atoms with Gasteiger partial charge < -0.3 is 14.0 Å². The maximum absolute atomic E-state index is 8.61. The first-order chi connectivity index (χ1) is 16.2.